The van der Waals surface area contributed by atoms with Crippen LogP contribution in [-0.4, -0.2) is 16.5 Å². The van der Waals surface area contributed by atoms with Crippen LogP contribution in [0.3, 0.4) is 0 Å². The monoisotopic (exact) mass is 273 g/mol. The van der Waals surface area contributed by atoms with Gasteiger partial charge in [0.05, 0.1) is 5.56 Å². The lowest BCUT2D eigenvalue weighted by molar-refractivity contribution is -0.530. The van der Waals surface area contributed by atoms with Crippen LogP contribution < -0.4 is 0 Å². The van der Waals surface area contributed by atoms with Crippen molar-refractivity contribution < 1.29 is 9.13 Å². The molecule has 0 amide bonds. The predicted octanol–water partition coefficient (Wildman–Crippen LogP) is 3.32. The molecule has 0 unspecified atom stereocenters. The first-order valence-electron chi connectivity index (χ1n) is 4.57. The first-order valence-corrected chi connectivity index (χ1v) is 5.36. The summed E-state index contributed by atoms with van der Waals surface area (Å²) in [6, 6.07) is 4.60. The van der Waals surface area contributed by atoms with Crippen LogP contribution in [0.2, 0.25) is 0 Å². The van der Waals surface area contributed by atoms with Crippen molar-refractivity contribution in [1.29, 1.82) is 0 Å². The summed E-state index contributed by atoms with van der Waals surface area (Å²) in [7, 11) is 0. The van der Waals surface area contributed by atoms with Crippen molar-refractivity contribution in [2.45, 2.75) is 26.3 Å². The fourth-order valence-corrected chi connectivity index (χ4v) is 1.26. The first kappa shape index (κ1) is 12.2. The maximum atomic E-state index is 13.4. The van der Waals surface area contributed by atoms with Gasteiger partial charge in [-0.15, -0.1) is 0 Å². The molecule has 0 spiro atoms. The predicted molar refractivity (Wildman–Crippen MR) is 62.6 cm³/mol. The van der Waals surface area contributed by atoms with Gasteiger partial charge in [-0.1, -0.05) is 15.9 Å². The Bertz CT molecular complexity index is 396. The molecular weight excluding hydrogens is 261 g/mol. The Kier molecular flexibility index (Phi) is 3.50. The number of hydrogen-bond acceptors (Lipinski definition) is 1. The SMILES string of the molecule is CC(C)(C)[N+]([O-])=Cc1ccc(Br)cc1F. The molecule has 0 saturated heterocycles. The van der Waals surface area contributed by atoms with Crippen LogP contribution in [0.25, 0.3) is 0 Å². The van der Waals surface area contributed by atoms with E-state index in [2.05, 4.69) is 15.9 Å². The van der Waals surface area contributed by atoms with Crippen molar-refractivity contribution in [2.24, 2.45) is 0 Å². The quantitative estimate of drug-likeness (QED) is 0.334. The van der Waals surface area contributed by atoms with Crippen molar-refractivity contribution >= 4 is 22.1 Å². The molecule has 0 N–H and O–H groups in total. The average Bonchev–Trinajstić information content (AvgIpc) is 2.08. The third kappa shape index (κ3) is 3.30. The standard InChI is InChI=1S/C11H13BrFNO/c1-11(2,3)14(15)7-8-4-5-9(12)6-10(8)13/h4-7H,1-3H3. The smallest absolute Gasteiger partial charge is 0.185 e. The zero-order valence-corrected chi connectivity index (χ0v) is 10.5. The molecule has 1 rings (SSSR count). The van der Waals surface area contributed by atoms with Gasteiger partial charge in [0.25, 0.3) is 0 Å². The first-order chi connectivity index (χ1) is 6.80. The topological polar surface area (TPSA) is 26.1 Å². The molecule has 2 nitrogen and oxygen atoms in total. The van der Waals surface area contributed by atoms with Gasteiger partial charge in [0, 0.05) is 25.2 Å². The summed E-state index contributed by atoms with van der Waals surface area (Å²) in [5.41, 5.74) is -0.261. The molecular formula is C11H13BrFNO. The molecule has 1 aromatic rings. The minimum atomic E-state index is -0.556. The molecule has 0 aliphatic carbocycles. The van der Waals surface area contributed by atoms with E-state index in [4.69, 9.17) is 0 Å². The van der Waals surface area contributed by atoms with Gasteiger partial charge in [0.15, 0.2) is 11.8 Å². The molecule has 0 saturated carbocycles. The Hall–Kier alpha value is -0.900. The number of halogens is 2. The van der Waals surface area contributed by atoms with E-state index in [1.165, 1.54) is 12.3 Å². The zero-order valence-electron chi connectivity index (χ0n) is 8.92. The van der Waals surface area contributed by atoms with Crippen molar-refractivity contribution in [2.75, 3.05) is 0 Å². The molecule has 15 heavy (non-hydrogen) atoms. The number of benzene rings is 1. The molecule has 4 heteroatoms. The third-order valence-corrected chi connectivity index (χ3v) is 2.37. The van der Waals surface area contributed by atoms with E-state index >= 15 is 0 Å². The summed E-state index contributed by atoms with van der Waals surface area (Å²) >= 11 is 3.16. The molecule has 0 atom stereocenters. The van der Waals surface area contributed by atoms with E-state index in [1.807, 2.05) is 0 Å². The van der Waals surface area contributed by atoms with Gasteiger partial charge in [-0.2, -0.15) is 0 Å². The molecule has 0 aromatic heterocycles. The molecule has 0 aliphatic rings. The average molecular weight is 274 g/mol. The zero-order chi connectivity index (χ0) is 11.6. The normalized spacial score (nSPS) is 13.0. The Labute approximate surface area is 97.1 Å². The van der Waals surface area contributed by atoms with Crippen molar-refractivity contribution in [3.05, 3.63) is 39.3 Å². The van der Waals surface area contributed by atoms with E-state index in [0.29, 0.717) is 10.0 Å². The van der Waals surface area contributed by atoms with Crippen LogP contribution >= 0.6 is 15.9 Å². The fraction of sp³-hybridized carbons (Fsp3) is 0.364. The summed E-state index contributed by atoms with van der Waals surface area (Å²) in [6.07, 6.45) is 1.27. The molecule has 82 valence electrons. The second-order valence-corrected chi connectivity index (χ2v) is 5.21. The lowest BCUT2D eigenvalue weighted by Crippen LogP contribution is -2.29. The summed E-state index contributed by atoms with van der Waals surface area (Å²) in [6.45, 7) is 5.31. The molecule has 0 fully saturated rings. The third-order valence-electron chi connectivity index (χ3n) is 1.88. The molecule has 1 aromatic carbocycles. The van der Waals surface area contributed by atoms with Crippen LogP contribution in [0.4, 0.5) is 4.39 Å². The highest BCUT2D eigenvalue weighted by molar-refractivity contribution is 9.10. The Morgan fingerprint density at radius 1 is 1.40 bits per heavy atom. The van der Waals surface area contributed by atoms with Crippen LogP contribution in [-0.2, 0) is 0 Å². The summed E-state index contributed by atoms with van der Waals surface area (Å²) in [5.74, 6) is -0.408. The largest absolute Gasteiger partial charge is 0.623 e. The summed E-state index contributed by atoms with van der Waals surface area (Å²) in [5, 5.41) is 11.6. The second-order valence-electron chi connectivity index (χ2n) is 4.29. The van der Waals surface area contributed by atoms with Gasteiger partial charge in [-0.05, 0) is 18.2 Å². The minimum absolute atomic E-state index is 0.295. The Morgan fingerprint density at radius 2 is 2.00 bits per heavy atom. The number of hydrogen-bond donors (Lipinski definition) is 0. The second kappa shape index (κ2) is 4.31. The van der Waals surface area contributed by atoms with E-state index in [1.54, 1.807) is 32.9 Å². The molecule has 0 aliphatic heterocycles. The maximum absolute atomic E-state index is 13.4. The van der Waals surface area contributed by atoms with Gasteiger partial charge < -0.3 is 5.21 Å². The van der Waals surface area contributed by atoms with E-state index in [0.717, 1.165) is 4.74 Å². The van der Waals surface area contributed by atoms with Crippen molar-refractivity contribution in [3.63, 3.8) is 0 Å². The highest BCUT2D eigenvalue weighted by Crippen LogP contribution is 2.14. The Balaban J connectivity index is 3.09. The highest BCUT2D eigenvalue weighted by Gasteiger charge is 2.18. The van der Waals surface area contributed by atoms with E-state index < -0.39 is 11.4 Å². The minimum Gasteiger partial charge on any atom is -0.623 e. The van der Waals surface area contributed by atoms with Gasteiger partial charge in [0.1, 0.15) is 5.82 Å². The lowest BCUT2D eigenvalue weighted by Gasteiger charge is -2.18. The molecule has 0 heterocycles. The van der Waals surface area contributed by atoms with Crippen LogP contribution in [0, 0.1) is 11.0 Å². The van der Waals surface area contributed by atoms with Crippen LogP contribution in [0.15, 0.2) is 22.7 Å². The fourth-order valence-electron chi connectivity index (χ4n) is 0.926. The summed E-state index contributed by atoms with van der Waals surface area (Å²) < 4.78 is 14.8. The molecule has 0 radical (unpaired) electrons. The number of rotatable bonds is 1. The number of nitrogens with zero attached hydrogens (tertiary/aromatic N) is 1. The van der Waals surface area contributed by atoms with Gasteiger partial charge >= 0.3 is 0 Å². The number of hydroxylamine groups is 1. The van der Waals surface area contributed by atoms with Gasteiger partial charge in [0.2, 0.25) is 0 Å². The highest BCUT2D eigenvalue weighted by atomic mass is 79.9. The van der Waals surface area contributed by atoms with Gasteiger partial charge in [-0.3, -0.25) is 0 Å². The van der Waals surface area contributed by atoms with Gasteiger partial charge in [-0.25, -0.2) is 9.13 Å². The van der Waals surface area contributed by atoms with Crippen molar-refractivity contribution in [1.82, 2.24) is 0 Å². The van der Waals surface area contributed by atoms with E-state index in [-0.39, 0.29) is 0 Å². The van der Waals surface area contributed by atoms with E-state index in [9.17, 15) is 9.60 Å². The lowest BCUT2D eigenvalue weighted by atomic mass is 10.1. The maximum Gasteiger partial charge on any atom is 0.185 e. The van der Waals surface area contributed by atoms with Crippen LogP contribution in [0.1, 0.15) is 26.3 Å². The Morgan fingerprint density at radius 3 is 2.47 bits per heavy atom. The van der Waals surface area contributed by atoms with Crippen LogP contribution in [0.5, 0.6) is 0 Å². The van der Waals surface area contributed by atoms with Crippen molar-refractivity contribution in [3.8, 4) is 0 Å². The summed E-state index contributed by atoms with van der Waals surface area (Å²) in [4.78, 5) is 0. The molecule has 0 bridgehead atoms.